The molecule has 2 aromatic carbocycles. The average Bonchev–Trinajstić information content (AvgIpc) is 2.74. The van der Waals surface area contributed by atoms with Crippen molar-refractivity contribution in [1.82, 2.24) is 4.31 Å². The standard InChI is InChI=1S/C21H25N3O5S/c1-16-15-18(24(26)27)8-11-20(16)22-21(25)12-7-17-5-9-19(10-6-17)30(28,29)23-13-3-2-4-14-23/h5-6,8-11,15H,2-4,7,12-14H2,1H3,(H,22,25). The minimum atomic E-state index is -3.46. The van der Waals surface area contributed by atoms with E-state index in [9.17, 15) is 23.3 Å². The molecule has 0 radical (unpaired) electrons. The molecule has 0 spiro atoms. The van der Waals surface area contributed by atoms with Crippen molar-refractivity contribution in [2.45, 2.75) is 43.9 Å². The van der Waals surface area contributed by atoms with Gasteiger partial charge in [0.25, 0.3) is 5.69 Å². The number of rotatable bonds is 7. The Hall–Kier alpha value is -2.78. The van der Waals surface area contributed by atoms with E-state index in [0.717, 1.165) is 24.8 Å². The van der Waals surface area contributed by atoms with Crippen molar-refractivity contribution in [3.8, 4) is 0 Å². The number of benzene rings is 2. The number of hydrogen-bond donors (Lipinski definition) is 1. The number of hydrogen-bond acceptors (Lipinski definition) is 5. The van der Waals surface area contributed by atoms with Gasteiger partial charge < -0.3 is 5.32 Å². The van der Waals surface area contributed by atoms with Crippen molar-refractivity contribution in [3.63, 3.8) is 0 Å². The monoisotopic (exact) mass is 431 g/mol. The van der Waals surface area contributed by atoms with Crippen molar-refractivity contribution < 1.29 is 18.1 Å². The number of nitro benzene ring substituents is 1. The number of piperidine rings is 1. The number of non-ortho nitro benzene ring substituents is 1. The van der Waals surface area contributed by atoms with E-state index in [1.54, 1.807) is 31.2 Å². The van der Waals surface area contributed by atoms with Crippen molar-refractivity contribution >= 4 is 27.3 Å². The lowest BCUT2D eigenvalue weighted by molar-refractivity contribution is -0.384. The lowest BCUT2D eigenvalue weighted by Gasteiger charge is -2.25. The Morgan fingerprint density at radius 2 is 1.77 bits per heavy atom. The molecule has 0 aromatic heterocycles. The summed E-state index contributed by atoms with van der Waals surface area (Å²) in [4.78, 5) is 22.8. The van der Waals surface area contributed by atoms with Crippen LogP contribution in [-0.2, 0) is 21.2 Å². The number of aryl methyl sites for hydroxylation is 2. The fourth-order valence-corrected chi connectivity index (χ4v) is 4.97. The Bertz CT molecular complexity index is 1030. The maximum Gasteiger partial charge on any atom is 0.269 e. The number of nitrogens with one attached hydrogen (secondary N) is 1. The summed E-state index contributed by atoms with van der Waals surface area (Å²) in [6.07, 6.45) is 3.52. The molecule has 0 saturated carbocycles. The summed E-state index contributed by atoms with van der Waals surface area (Å²) in [5.74, 6) is -0.211. The summed E-state index contributed by atoms with van der Waals surface area (Å²) in [6.45, 7) is 2.82. The molecule has 8 nitrogen and oxygen atoms in total. The first-order chi connectivity index (χ1) is 14.3. The normalized spacial score (nSPS) is 15.0. The molecule has 1 saturated heterocycles. The van der Waals surface area contributed by atoms with Crippen LogP contribution in [-0.4, -0.2) is 36.6 Å². The molecule has 9 heteroatoms. The summed E-state index contributed by atoms with van der Waals surface area (Å²) < 4.78 is 26.9. The van der Waals surface area contributed by atoms with Gasteiger partial charge in [-0.15, -0.1) is 0 Å². The van der Waals surface area contributed by atoms with Gasteiger partial charge in [0.15, 0.2) is 0 Å². The second-order valence-corrected chi connectivity index (χ2v) is 9.35. The van der Waals surface area contributed by atoms with E-state index in [-0.39, 0.29) is 22.9 Å². The topological polar surface area (TPSA) is 110 Å². The molecule has 3 rings (SSSR count). The van der Waals surface area contributed by atoms with E-state index in [1.807, 2.05) is 0 Å². The first kappa shape index (κ1) is 21.9. The quantitative estimate of drug-likeness (QED) is 0.531. The van der Waals surface area contributed by atoms with E-state index in [1.165, 1.54) is 22.5 Å². The smallest absolute Gasteiger partial charge is 0.269 e. The Morgan fingerprint density at radius 1 is 1.10 bits per heavy atom. The van der Waals surface area contributed by atoms with Crippen molar-refractivity contribution in [1.29, 1.82) is 0 Å². The zero-order chi connectivity index (χ0) is 21.7. The van der Waals surface area contributed by atoms with Crippen molar-refractivity contribution in [3.05, 3.63) is 63.7 Å². The van der Waals surface area contributed by atoms with Crippen LogP contribution < -0.4 is 5.32 Å². The minimum absolute atomic E-state index is 0.0231. The molecule has 1 aliphatic heterocycles. The number of nitrogens with zero attached hydrogens (tertiary/aromatic N) is 2. The fraction of sp³-hybridized carbons (Fsp3) is 0.381. The second kappa shape index (κ2) is 9.36. The highest BCUT2D eigenvalue weighted by Gasteiger charge is 2.25. The van der Waals surface area contributed by atoms with Gasteiger partial charge in [0.1, 0.15) is 0 Å². The van der Waals surface area contributed by atoms with Gasteiger partial charge in [0.05, 0.1) is 9.82 Å². The van der Waals surface area contributed by atoms with E-state index in [2.05, 4.69) is 5.32 Å². The molecule has 0 unspecified atom stereocenters. The van der Waals surface area contributed by atoms with E-state index < -0.39 is 14.9 Å². The first-order valence-corrected chi connectivity index (χ1v) is 11.4. The lowest BCUT2D eigenvalue weighted by Crippen LogP contribution is -2.35. The summed E-state index contributed by atoms with van der Waals surface area (Å²) in [6, 6.07) is 10.9. The molecule has 0 aliphatic carbocycles. The lowest BCUT2D eigenvalue weighted by atomic mass is 10.1. The third kappa shape index (κ3) is 5.22. The minimum Gasteiger partial charge on any atom is -0.326 e. The van der Waals surface area contributed by atoms with Crippen molar-refractivity contribution in [2.75, 3.05) is 18.4 Å². The number of anilines is 1. The van der Waals surface area contributed by atoms with Crippen LogP contribution in [0.5, 0.6) is 0 Å². The number of sulfonamides is 1. The van der Waals surface area contributed by atoms with Gasteiger partial charge in [-0.05, 0) is 55.5 Å². The largest absolute Gasteiger partial charge is 0.326 e. The molecule has 1 fully saturated rings. The molecule has 1 N–H and O–H groups in total. The first-order valence-electron chi connectivity index (χ1n) is 9.91. The molecular formula is C21H25N3O5S. The third-order valence-electron chi connectivity index (χ3n) is 5.21. The molecule has 160 valence electrons. The van der Waals surface area contributed by atoms with Crippen LogP contribution >= 0.6 is 0 Å². The zero-order valence-electron chi connectivity index (χ0n) is 16.8. The van der Waals surface area contributed by atoms with Gasteiger partial charge >= 0.3 is 0 Å². The Morgan fingerprint density at radius 3 is 2.37 bits per heavy atom. The molecule has 1 aliphatic rings. The van der Waals surface area contributed by atoms with Crippen molar-refractivity contribution in [2.24, 2.45) is 0 Å². The van der Waals surface area contributed by atoms with Crippen LogP contribution in [0.1, 0.15) is 36.8 Å². The van der Waals surface area contributed by atoms with Crippen LogP contribution in [0, 0.1) is 17.0 Å². The Balaban J connectivity index is 1.57. The van der Waals surface area contributed by atoms with Crippen LogP contribution in [0.3, 0.4) is 0 Å². The van der Waals surface area contributed by atoms with Gasteiger partial charge in [-0.1, -0.05) is 18.6 Å². The van der Waals surface area contributed by atoms with Crippen LogP contribution in [0.4, 0.5) is 11.4 Å². The molecule has 0 bridgehead atoms. The molecule has 1 heterocycles. The summed E-state index contributed by atoms with van der Waals surface area (Å²) in [5.41, 5.74) is 1.99. The number of carbonyl (C=O) groups excluding carboxylic acids is 1. The molecule has 2 aromatic rings. The third-order valence-corrected chi connectivity index (χ3v) is 7.12. The van der Waals surface area contributed by atoms with E-state index in [4.69, 9.17) is 0 Å². The van der Waals surface area contributed by atoms with Gasteiger partial charge in [0, 0.05) is 37.3 Å². The van der Waals surface area contributed by atoms with Crippen LogP contribution in [0.15, 0.2) is 47.4 Å². The second-order valence-electron chi connectivity index (χ2n) is 7.41. The molecule has 0 atom stereocenters. The van der Waals surface area contributed by atoms with Gasteiger partial charge in [-0.3, -0.25) is 14.9 Å². The van der Waals surface area contributed by atoms with Gasteiger partial charge in [0.2, 0.25) is 15.9 Å². The Labute approximate surface area is 176 Å². The number of nitro groups is 1. The molecule has 30 heavy (non-hydrogen) atoms. The summed E-state index contributed by atoms with van der Waals surface area (Å²) in [5, 5.41) is 13.6. The summed E-state index contributed by atoms with van der Waals surface area (Å²) in [7, 11) is -3.46. The zero-order valence-corrected chi connectivity index (χ0v) is 17.7. The summed E-state index contributed by atoms with van der Waals surface area (Å²) >= 11 is 0. The fourth-order valence-electron chi connectivity index (χ4n) is 3.45. The van der Waals surface area contributed by atoms with Gasteiger partial charge in [-0.2, -0.15) is 4.31 Å². The predicted octanol–water partition coefficient (Wildman–Crippen LogP) is 3.65. The highest BCUT2D eigenvalue weighted by molar-refractivity contribution is 7.89. The van der Waals surface area contributed by atoms with Crippen LogP contribution in [0.25, 0.3) is 0 Å². The highest BCUT2D eigenvalue weighted by Crippen LogP contribution is 2.23. The average molecular weight is 432 g/mol. The highest BCUT2D eigenvalue weighted by atomic mass is 32.2. The molecular weight excluding hydrogens is 406 g/mol. The maximum atomic E-state index is 12.7. The SMILES string of the molecule is Cc1cc([N+](=O)[O-])ccc1NC(=O)CCc1ccc(S(=O)(=O)N2CCCCC2)cc1. The van der Waals surface area contributed by atoms with E-state index in [0.29, 0.717) is 30.8 Å². The number of amides is 1. The van der Waals surface area contributed by atoms with Gasteiger partial charge in [-0.25, -0.2) is 8.42 Å². The van der Waals surface area contributed by atoms with Crippen LogP contribution in [0.2, 0.25) is 0 Å². The Kier molecular flexibility index (Phi) is 6.84. The maximum absolute atomic E-state index is 12.7. The van der Waals surface area contributed by atoms with E-state index >= 15 is 0 Å². The number of carbonyl (C=O) groups is 1. The molecule has 1 amide bonds. The predicted molar refractivity (Wildman–Crippen MR) is 114 cm³/mol.